The van der Waals surface area contributed by atoms with E-state index in [4.69, 9.17) is 4.74 Å². The molecule has 2 heterocycles. The molecular formula is C14H21N3O4S. The van der Waals surface area contributed by atoms with Crippen molar-refractivity contribution in [2.75, 3.05) is 36.1 Å². The number of esters is 1. The average Bonchev–Trinajstić information content (AvgIpc) is 2.46. The topological polar surface area (TPSA) is 88.6 Å². The fraction of sp³-hybridized carbons (Fsp3) is 0.571. The molecule has 0 spiro atoms. The highest BCUT2D eigenvalue weighted by Crippen LogP contribution is 2.27. The molecule has 1 aromatic rings. The van der Waals surface area contributed by atoms with Gasteiger partial charge in [-0.2, -0.15) is 0 Å². The van der Waals surface area contributed by atoms with Gasteiger partial charge in [-0.05, 0) is 24.8 Å². The Labute approximate surface area is 130 Å². The number of anilines is 2. The minimum atomic E-state index is -3.43. The van der Waals surface area contributed by atoms with Gasteiger partial charge in [0.1, 0.15) is 11.4 Å². The second-order valence-electron chi connectivity index (χ2n) is 5.63. The van der Waals surface area contributed by atoms with Crippen LogP contribution in [0.25, 0.3) is 0 Å². The van der Waals surface area contributed by atoms with E-state index in [2.05, 4.69) is 16.6 Å². The Kier molecular flexibility index (Phi) is 4.90. The van der Waals surface area contributed by atoms with Gasteiger partial charge in [-0.25, -0.2) is 18.2 Å². The molecule has 2 rings (SSSR count). The first kappa shape index (κ1) is 16.5. The summed E-state index contributed by atoms with van der Waals surface area (Å²) in [5.74, 6) is 0.667. The first-order chi connectivity index (χ1) is 10.3. The Morgan fingerprint density at radius 1 is 1.41 bits per heavy atom. The average molecular weight is 327 g/mol. The van der Waals surface area contributed by atoms with Crippen LogP contribution in [-0.4, -0.2) is 45.8 Å². The lowest BCUT2D eigenvalue weighted by Gasteiger charge is -2.32. The van der Waals surface area contributed by atoms with Crippen LogP contribution in [0.15, 0.2) is 12.3 Å². The number of aromatic nitrogens is 1. The van der Waals surface area contributed by atoms with E-state index < -0.39 is 16.0 Å². The number of methoxy groups -OCH3 is 1. The van der Waals surface area contributed by atoms with Crippen LogP contribution in [0.5, 0.6) is 0 Å². The summed E-state index contributed by atoms with van der Waals surface area (Å²) in [4.78, 5) is 18.3. The van der Waals surface area contributed by atoms with Crippen molar-refractivity contribution in [3.05, 3.63) is 17.8 Å². The highest BCUT2D eigenvalue weighted by Gasteiger charge is 2.23. The lowest BCUT2D eigenvalue weighted by Crippen LogP contribution is -2.34. The molecule has 1 N–H and O–H groups in total. The zero-order valence-corrected chi connectivity index (χ0v) is 13.8. The van der Waals surface area contributed by atoms with Crippen molar-refractivity contribution in [2.45, 2.75) is 19.8 Å². The van der Waals surface area contributed by atoms with E-state index in [0.717, 1.165) is 32.2 Å². The van der Waals surface area contributed by atoms with Gasteiger partial charge >= 0.3 is 5.97 Å². The molecule has 1 aliphatic heterocycles. The summed E-state index contributed by atoms with van der Waals surface area (Å²) in [5.41, 5.74) is 0.516. The number of nitrogens with zero attached hydrogens (tertiary/aromatic N) is 2. The predicted molar refractivity (Wildman–Crippen MR) is 84.7 cm³/mol. The summed E-state index contributed by atoms with van der Waals surface area (Å²) in [6, 6.07) is 1.47. The molecule has 0 bridgehead atoms. The number of nitrogens with one attached hydrogen (secondary N) is 1. The molecule has 22 heavy (non-hydrogen) atoms. The number of ether oxygens (including phenoxy) is 1. The Hall–Kier alpha value is -1.83. The van der Waals surface area contributed by atoms with Crippen LogP contribution in [0.1, 0.15) is 30.1 Å². The maximum atomic E-state index is 12.0. The Bertz CT molecular complexity index is 652. The summed E-state index contributed by atoms with van der Waals surface area (Å²) in [7, 11) is -2.13. The fourth-order valence-electron chi connectivity index (χ4n) is 2.46. The van der Waals surface area contributed by atoms with Crippen molar-refractivity contribution in [2.24, 2.45) is 5.92 Å². The number of rotatable bonds is 4. The van der Waals surface area contributed by atoms with Gasteiger partial charge in [0.05, 0.1) is 25.2 Å². The minimum absolute atomic E-state index is 0.247. The van der Waals surface area contributed by atoms with Crippen molar-refractivity contribution in [3.8, 4) is 0 Å². The van der Waals surface area contributed by atoms with Gasteiger partial charge in [-0.1, -0.05) is 6.92 Å². The van der Waals surface area contributed by atoms with Crippen LogP contribution < -0.4 is 9.62 Å². The maximum absolute atomic E-state index is 12.0. The highest BCUT2D eigenvalue weighted by atomic mass is 32.2. The van der Waals surface area contributed by atoms with Crippen LogP contribution in [0, 0.1) is 5.92 Å². The standard InChI is InChI=1S/C14H21N3O4S/c1-10-4-6-17(7-5-10)13-12(14(18)21-2)8-11(9-15-13)16-22(3,19)20/h8-10,16H,4-7H2,1-3H3. The van der Waals surface area contributed by atoms with Crippen molar-refractivity contribution in [1.82, 2.24) is 4.98 Å². The van der Waals surface area contributed by atoms with Crippen molar-refractivity contribution in [1.29, 1.82) is 0 Å². The van der Waals surface area contributed by atoms with E-state index in [1.165, 1.54) is 19.4 Å². The molecule has 7 nitrogen and oxygen atoms in total. The third-order valence-electron chi connectivity index (χ3n) is 3.66. The highest BCUT2D eigenvalue weighted by molar-refractivity contribution is 7.92. The van der Waals surface area contributed by atoms with Gasteiger partial charge in [0.25, 0.3) is 0 Å². The number of hydrogen-bond acceptors (Lipinski definition) is 6. The molecule has 0 aromatic carbocycles. The Balaban J connectivity index is 2.34. The molecule has 1 aliphatic rings. The van der Waals surface area contributed by atoms with Gasteiger partial charge in [0.2, 0.25) is 10.0 Å². The van der Waals surface area contributed by atoms with E-state index in [0.29, 0.717) is 11.7 Å². The van der Waals surface area contributed by atoms with Gasteiger partial charge in [-0.3, -0.25) is 4.72 Å². The fourth-order valence-corrected chi connectivity index (χ4v) is 3.00. The zero-order chi connectivity index (χ0) is 16.3. The summed E-state index contributed by atoms with van der Waals surface area (Å²) in [5, 5.41) is 0. The minimum Gasteiger partial charge on any atom is -0.465 e. The molecule has 1 aromatic heterocycles. The monoisotopic (exact) mass is 327 g/mol. The molecule has 1 fully saturated rings. The molecule has 0 radical (unpaired) electrons. The van der Waals surface area contributed by atoms with Crippen molar-refractivity contribution >= 4 is 27.5 Å². The van der Waals surface area contributed by atoms with Gasteiger partial charge in [0.15, 0.2) is 0 Å². The van der Waals surface area contributed by atoms with Crippen LogP contribution in [0.4, 0.5) is 11.5 Å². The number of sulfonamides is 1. The molecule has 8 heteroatoms. The molecule has 1 saturated heterocycles. The van der Waals surface area contributed by atoms with E-state index in [9.17, 15) is 13.2 Å². The number of piperidine rings is 1. The summed E-state index contributed by atoms with van der Waals surface area (Å²) >= 11 is 0. The van der Waals surface area contributed by atoms with E-state index in [1.807, 2.05) is 4.90 Å². The Morgan fingerprint density at radius 2 is 2.05 bits per heavy atom. The number of hydrogen-bond donors (Lipinski definition) is 1. The summed E-state index contributed by atoms with van der Waals surface area (Å²) in [6.07, 6.45) is 4.53. The molecule has 0 saturated carbocycles. The third kappa shape index (κ3) is 4.09. The molecule has 0 unspecified atom stereocenters. The van der Waals surface area contributed by atoms with Crippen LogP contribution in [0.3, 0.4) is 0 Å². The smallest absolute Gasteiger partial charge is 0.341 e. The lowest BCUT2D eigenvalue weighted by molar-refractivity contribution is 0.0601. The number of pyridine rings is 1. The third-order valence-corrected chi connectivity index (χ3v) is 4.26. The number of carbonyl (C=O) groups excluding carboxylic acids is 1. The summed E-state index contributed by atoms with van der Waals surface area (Å²) in [6.45, 7) is 3.83. The largest absolute Gasteiger partial charge is 0.465 e. The normalized spacial score (nSPS) is 16.4. The molecule has 0 atom stereocenters. The van der Waals surface area contributed by atoms with Crippen LogP contribution in [-0.2, 0) is 14.8 Å². The second kappa shape index (κ2) is 6.51. The first-order valence-electron chi connectivity index (χ1n) is 7.11. The second-order valence-corrected chi connectivity index (χ2v) is 7.38. The van der Waals surface area contributed by atoms with Gasteiger partial charge < -0.3 is 9.64 Å². The van der Waals surface area contributed by atoms with Crippen molar-refractivity contribution < 1.29 is 17.9 Å². The molecule has 0 aliphatic carbocycles. The number of carbonyl (C=O) groups is 1. The summed E-state index contributed by atoms with van der Waals surface area (Å²) < 4.78 is 29.7. The van der Waals surface area contributed by atoms with Crippen molar-refractivity contribution in [3.63, 3.8) is 0 Å². The van der Waals surface area contributed by atoms with Gasteiger partial charge in [0, 0.05) is 13.1 Å². The maximum Gasteiger partial charge on any atom is 0.341 e. The first-order valence-corrected chi connectivity index (χ1v) is 9.00. The molecular weight excluding hydrogens is 306 g/mol. The van der Waals surface area contributed by atoms with E-state index in [-0.39, 0.29) is 11.3 Å². The van der Waals surface area contributed by atoms with Crippen LogP contribution >= 0.6 is 0 Å². The SMILES string of the molecule is COC(=O)c1cc(NS(C)(=O)=O)cnc1N1CCC(C)CC1. The van der Waals surface area contributed by atoms with Crippen LogP contribution in [0.2, 0.25) is 0 Å². The lowest BCUT2D eigenvalue weighted by atomic mass is 9.99. The molecule has 0 amide bonds. The van der Waals surface area contributed by atoms with Gasteiger partial charge in [-0.15, -0.1) is 0 Å². The van der Waals surface area contributed by atoms with E-state index >= 15 is 0 Å². The quantitative estimate of drug-likeness (QED) is 0.843. The Morgan fingerprint density at radius 3 is 2.59 bits per heavy atom. The predicted octanol–water partition coefficient (Wildman–Crippen LogP) is 1.48. The molecule has 122 valence electrons. The zero-order valence-electron chi connectivity index (χ0n) is 13.0. The van der Waals surface area contributed by atoms with E-state index in [1.54, 1.807) is 0 Å².